The van der Waals surface area contributed by atoms with Gasteiger partial charge in [0.2, 0.25) is 9.84 Å². The third-order valence-electron chi connectivity index (χ3n) is 4.70. The van der Waals surface area contributed by atoms with E-state index in [-0.39, 0.29) is 9.92 Å². The molecular formula is C19H21N3O3S. The van der Waals surface area contributed by atoms with Gasteiger partial charge in [0.05, 0.1) is 4.90 Å². The van der Waals surface area contributed by atoms with Gasteiger partial charge >= 0.3 is 0 Å². The summed E-state index contributed by atoms with van der Waals surface area (Å²) in [6.45, 7) is 3.67. The number of aromatic nitrogens is 2. The molecule has 1 N–H and O–H groups in total. The van der Waals surface area contributed by atoms with Crippen molar-refractivity contribution in [3.8, 4) is 5.75 Å². The molecule has 136 valence electrons. The molecule has 0 atom stereocenters. The van der Waals surface area contributed by atoms with Crippen LogP contribution in [0, 0.1) is 0 Å². The molecular weight excluding hydrogens is 350 g/mol. The summed E-state index contributed by atoms with van der Waals surface area (Å²) in [7, 11) is -3.65. The van der Waals surface area contributed by atoms with Crippen LogP contribution in [0.1, 0.15) is 12.8 Å². The van der Waals surface area contributed by atoms with Crippen molar-refractivity contribution < 1.29 is 13.2 Å². The highest BCUT2D eigenvalue weighted by Gasteiger charge is 2.24. The van der Waals surface area contributed by atoms with E-state index in [0.717, 1.165) is 19.6 Å². The van der Waals surface area contributed by atoms with Crippen LogP contribution in [-0.2, 0) is 9.84 Å². The zero-order valence-corrected chi connectivity index (χ0v) is 15.2. The summed E-state index contributed by atoms with van der Waals surface area (Å²) in [5.41, 5.74) is 0.545. The average Bonchev–Trinajstić information content (AvgIpc) is 3.32. The number of para-hydroxylation sites is 1. The Bertz CT molecular complexity index is 993. The summed E-state index contributed by atoms with van der Waals surface area (Å²) in [4.78, 5) is 2.61. The van der Waals surface area contributed by atoms with E-state index >= 15 is 0 Å². The number of nitrogens with zero attached hydrogens (tertiary/aromatic N) is 2. The molecule has 7 heteroatoms. The van der Waals surface area contributed by atoms with Gasteiger partial charge in [0.15, 0.2) is 5.03 Å². The zero-order chi connectivity index (χ0) is 18.0. The molecule has 0 spiro atoms. The smallest absolute Gasteiger partial charge is 0.223 e. The fraction of sp³-hybridized carbons (Fsp3) is 0.316. The van der Waals surface area contributed by atoms with Crippen molar-refractivity contribution in [1.29, 1.82) is 0 Å². The number of fused-ring (bicyclic) bond motifs is 1. The lowest BCUT2D eigenvalue weighted by atomic mass is 10.2. The molecule has 2 aromatic carbocycles. The molecule has 0 bridgehead atoms. The molecule has 0 radical (unpaired) electrons. The predicted octanol–water partition coefficient (Wildman–Crippen LogP) is 2.87. The van der Waals surface area contributed by atoms with E-state index in [9.17, 15) is 8.42 Å². The van der Waals surface area contributed by atoms with Crippen LogP contribution in [0.15, 0.2) is 58.5 Å². The minimum absolute atomic E-state index is 0.101. The average molecular weight is 371 g/mol. The van der Waals surface area contributed by atoms with Crippen LogP contribution in [0.5, 0.6) is 5.75 Å². The van der Waals surface area contributed by atoms with Crippen LogP contribution in [0.25, 0.3) is 10.9 Å². The summed E-state index contributed by atoms with van der Waals surface area (Å²) in [5, 5.41) is 7.56. The lowest BCUT2D eigenvalue weighted by Crippen LogP contribution is -2.25. The van der Waals surface area contributed by atoms with Crippen LogP contribution in [-0.4, -0.2) is 49.8 Å². The van der Waals surface area contributed by atoms with Gasteiger partial charge in [-0.25, -0.2) is 8.42 Å². The Kier molecular flexibility index (Phi) is 4.65. The first-order valence-electron chi connectivity index (χ1n) is 8.78. The van der Waals surface area contributed by atoms with Crippen LogP contribution in [0.4, 0.5) is 0 Å². The van der Waals surface area contributed by atoms with Gasteiger partial charge in [-0.3, -0.25) is 10.00 Å². The van der Waals surface area contributed by atoms with E-state index in [1.54, 1.807) is 42.5 Å². The zero-order valence-electron chi connectivity index (χ0n) is 14.4. The van der Waals surface area contributed by atoms with Crippen LogP contribution in [0.2, 0.25) is 0 Å². The fourth-order valence-electron chi connectivity index (χ4n) is 3.32. The Hall–Kier alpha value is -2.38. The largest absolute Gasteiger partial charge is 0.490 e. The van der Waals surface area contributed by atoms with E-state index in [2.05, 4.69) is 15.1 Å². The lowest BCUT2D eigenvalue weighted by Gasteiger charge is -2.15. The summed E-state index contributed by atoms with van der Waals surface area (Å²) in [5.74, 6) is 0.604. The maximum Gasteiger partial charge on any atom is 0.223 e. The molecule has 2 heterocycles. The van der Waals surface area contributed by atoms with E-state index < -0.39 is 9.84 Å². The number of nitrogens with one attached hydrogen (secondary N) is 1. The molecule has 1 aliphatic rings. The van der Waals surface area contributed by atoms with Crippen molar-refractivity contribution in [3.05, 3.63) is 48.5 Å². The standard InChI is InChI=1S/C19H21N3O3S/c23-26(24,15-7-2-1-3-8-15)19-16-9-6-10-17(18(16)20-21-19)25-14-13-22-11-4-5-12-22/h1-3,6-10H,4-5,11-14H2,(H,20,21). The van der Waals surface area contributed by atoms with Crippen molar-refractivity contribution in [3.63, 3.8) is 0 Å². The Balaban J connectivity index is 1.60. The Morgan fingerprint density at radius 2 is 1.81 bits per heavy atom. The highest BCUT2D eigenvalue weighted by atomic mass is 32.2. The minimum atomic E-state index is -3.65. The Labute approximate surface area is 152 Å². The first-order valence-corrected chi connectivity index (χ1v) is 10.3. The first kappa shape index (κ1) is 17.1. The third kappa shape index (κ3) is 3.20. The number of likely N-dealkylation sites (tertiary alicyclic amines) is 1. The second-order valence-electron chi connectivity index (χ2n) is 6.42. The number of hydrogen-bond donors (Lipinski definition) is 1. The predicted molar refractivity (Wildman–Crippen MR) is 99.2 cm³/mol. The number of aromatic amines is 1. The molecule has 26 heavy (non-hydrogen) atoms. The summed E-state index contributed by atoms with van der Waals surface area (Å²) < 4.78 is 31.7. The van der Waals surface area contributed by atoms with Gasteiger partial charge in [-0.15, -0.1) is 0 Å². The number of hydrogen-bond acceptors (Lipinski definition) is 5. The van der Waals surface area contributed by atoms with Crippen molar-refractivity contribution in [2.24, 2.45) is 0 Å². The normalized spacial score (nSPS) is 15.5. The summed E-state index contributed by atoms with van der Waals surface area (Å²) in [6.07, 6.45) is 2.49. The van der Waals surface area contributed by atoms with Gasteiger partial charge in [0, 0.05) is 11.9 Å². The topological polar surface area (TPSA) is 75.3 Å². The second-order valence-corrected chi connectivity index (χ2v) is 8.31. The molecule has 6 nitrogen and oxygen atoms in total. The Morgan fingerprint density at radius 1 is 1.04 bits per heavy atom. The van der Waals surface area contributed by atoms with Gasteiger partial charge in [0.1, 0.15) is 17.9 Å². The molecule has 0 saturated carbocycles. The molecule has 1 aromatic heterocycles. The Morgan fingerprint density at radius 3 is 2.58 bits per heavy atom. The van der Waals surface area contributed by atoms with Crippen LogP contribution >= 0.6 is 0 Å². The second kappa shape index (κ2) is 7.09. The van der Waals surface area contributed by atoms with E-state index in [1.807, 2.05) is 6.07 Å². The maximum atomic E-state index is 12.9. The molecule has 0 aliphatic carbocycles. The number of sulfone groups is 1. The van der Waals surface area contributed by atoms with Crippen molar-refractivity contribution in [2.75, 3.05) is 26.2 Å². The van der Waals surface area contributed by atoms with E-state index in [1.165, 1.54) is 12.8 Å². The molecule has 1 fully saturated rings. The SMILES string of the molecule is O=S(=O)(c1ccccc1)c1[nH]nc2c(OCCN3CCCC3)cccc12. The molecule has 1 saturated heterocycles. The van der Waals surface area contributed by atoms with Gasteiger partial charge in [-0.2, -0.15) is 5.10 Å². The monoisotopic (exact) mass is 371 g/mol. The number of H-pyrrole nitrogens is 1. The maximum absolute atomic E-state index is 12.9. The molecule has 3 aromatic rings. The highest BCUT2D eigenvalue weighted by molar-refractivity contribution is 7.91. The molecule has 0 amide bonds. The fourth-order valence-corrected chi connectivity index (χ4v) is 4.69. The van der Waals surface area contributed by atoms with E-state index in [0.29, 0.717) is 23.3 Å². The lowest BCUT2D eigenvalue weighted by molar-refractivity contribution is 0.239. The van der Waals surface area contributed by atoms with Crippen LogP contribution < -0.4 is 4.74 Å². The van der Waals surface area contributed by atoms with Gasteiger partial charge in [-0.1, -0.05) is 24.3 Å². The van der Waals surface area contributed by atoms with Crippen molar-refractivity contribution in [1.82, 2.24) is 15.1 Å². The van der Waals surface area contributed by atoms with Gasteiger partial charge < -0.3 is 4.74 Å². The number of ether oxygens (including phenoxy) is 1. The van der Waals surface area contributed by atoms with Crippen molar-refractivity contribution in [2.45, 2.75) is 22.8 Å². The first-order chi connectivity index (χ1) is 12.7. The van der Waals surface area contributed by atoms with Crippen LogP contribution in [0.3, 0.4) is 0 Å². The summed E-state index contributed by atoms with van der Waals surface area (Å²) >= 11 is 0. The third-order valence-corrected chi connectivity index (χ3v) is 6.44. The molecule has 4 rings (SSSR count). The quantitative estimate of drug-likeness (QED) is 0.721. The molecule has 0 unspecified atom stereocenters. The van der Waals surface area contributed by atoms with Gasteiger partial charge in [0.25, 0.3) is 0 Å². The van der Waals surface area contributed by atoms with E-state index in [4.69, 9.17) is 4.74 Å². The molecule has 1 aliphatic heterocycles. The highest BCUT2D eigenvalue weighted by Crippen LogP contribution is 2.31. The van der Waals surface area contributed by atoms with Crippen molar-refractivity contribution >= 4 is 20.7 Å². The number of rotatable bonds is 6. The number of benzene rings is 2. The van der Waals surface area contributed by atoms with Gasteiger partial charge in [-0.05, 0) is 50.2 Å². The summed E-state index contributed by atoms with van der Waals surface area (Å²) in [6, 6.07) is 13.7. The minimum Gasteiger partial charge on any atom is -0.490 e.